The van der Waals surface area contributed by atoms with Crippen LogP contribution in [0.4, 0.5) is 0 Å². The molecule has 2 aromatic heterocycles. The van der Waals surface area contributed by atoms with E-state index >= 15 is 0 Å². The van der Waals surface area contributed by atoms with Gasteiger partial charge >= 0.3 is 0 Å². The van der Waals surface area contributed by atoms with Crippen molar-refractivity contribution in [3.8, 4) is 6.07 Å². The van der Waals surface area contributed by atoms with Gasteiger partial charge in [0.15, 0.2) is 10.8 Å². The summed E-state index contributed by atoms with van der Waals surface area (Å²) in [6.45, 7) is 1.70. The molecule has 1 unspecified atom stereocenters. The summed E-state index contributed by atoms with van der Waals surface area (Å²) in [4.78, 5) is 0. The van der Waals surface area contributed by atoms with Crippen LogP contribution in [-0.4, -0.2) is 25.9 Å². The van der Waals surface area contributed by atoms with E-state index in [1.165, 1.54) is 11.8 Å². The smallest absolute Gasteiger partial charge is 0.195 e. The van der Waals surface area contributed by atoms with E-state index in [1.54, 1.807) is 6.92 Å². The molecule has 0 fully saturated rings. The van der Waals surface area contributed by atoms with Gasteiger partial charge in [-0.1, -0.05) is 17.8 Å². The molecule has 16 heavy (non-hydrogen) atoms. The fourth-order valence-corrected chi connectivity index (χ4v) is 2.05. The van der Waals surface area contributed by atoms with Crippen molar-refractivity contribution >= 4 is 17.4 Å². The van der Waals surface area contributed by atoms with Gasteiger partial charge in [-0.3, -0.25) is 4.40 Å². The summed E-state index contributed by atoms with van der Waals surface area (Å²) in [7, 11) is 0. The van der Waals surface area contributed by atoms with Gasteiger partial charge in [-0.25, -0.2) is 0 Å². The molecule has 5 nitrogen and oxygen atoms in total. The Bertz CT molecular complexity index is 539. The normalized spacial score (nSPS) is 14.6. The lowest BCUT2D eigenvalue weighted by Gasteiger charge is -2.12. The lowest BCUT2D eigenvalue weighted by Crippen LogP contribution is -2.36. The third-order valence-corrected chi connectivity index (χ3v) is 3.32. The molecule has 2 N–H and O–H groups in total. The van der Waals surface area contributed by atoms with Crippen molar-refractivity contribution in [2.45, 2.75) is 17.6 Å². The van der Waals surface area contributed by atoms with Crippen molar-refractivity contribution in [3.63, 3.8) is 0 Å². The van der Waals surface area contributed by atoms with Crippen LogP contribution in [0.3, 0.4) is 0 Å². The molecule has 0 aromatic carbocycles. The van der Waals surface area contributed by atoms with Crippen molar-refractivity contribution in [1.82, 2.24) is 14.6 Å². The molecular formula is C10H11N5S. The number of pyridine rings is 1. The Morgan fingerprint density at radius 1 is 1.56 bits per heavy atom. The molecule has 1 atom stereocenters. The van der Waals surface area contributed by atoms with E-state index in [1.807, 2.05) is 28.8 Å². The van der Waals surface area contributed by atoms with Crippen molar-refractivity contribution < 1.29 is 0 Å². The molecule has 0 saturated carbocycles. The highest BCUT2D eigenvalue weighted by Crippen LogP contribution is 2.19. The molecule has 0 bridgehead atoms. The molecule has 2 heterocycles. The van der Waals surface area contributed by atoms with Crippen LogP contribution < -0.4 is 5.73 Å². The Morgan fingerprint density at radius 3 is 3.12 bits per heavy atom. The van der Waals surface area contributed by atoms with Gasteiger partial charge in [0.2, 0.25) is 0 Å². The summed E-state index contributed by atoms with van der Waals surface area (Å²) in [5.41, 5.74) is 5.69. The molecule has 0 spiro atoms. The quantitative estimate of drug-likeness (QED) is 0.802. The Morgan fingerprint density at radius 2 is 2.38 bits per heavy atom. The molecule has 0 radical (unpaired) electrons. The molecule has 2 aromatic rings. The summed E-state index contributed by atoms with van der Waals surface area (Å²) < 4.78 is 1.87. The summed E-state index contributed by atoms with van der Waals surface area (Å²) >= 11 is 1.43. The van der Waals surface area contributed by atoms with Gasteiger partial charge in [-0.2, -0.15) is 5.26 Å². The van der Waals surface area contributed by atoms with E-state index in [-0.39, 0.29) is 0 Å². The predicted molar refractivity (Wildman–Crippen MR) is 61.9 cm³/mol. The van der Waals surface area contributed by atoms with Gasteiger partial charge < -0.3 is 5.73 Å². The summed E-state index contributed by atoms with van der Waals surface area (Å²) in [5.74, 6) is 0.485. The van der Waals surface area contributed by atoms with Gasteiger partial charge in [-0.05, 0) is 19.1 Å². The molecule has 2 rings (SSSR count). The first-order chi connectivity index (χ1) is 7.62. The van der Waals surface area contributed by atoms with Gasteiger partial charge in [0.1, 0.15) is 5.54 Å². The van der Waals surface area contributed by atoms with Crippen molar-refractivity contribution in [2.24, 2.45) is 5.73 Å². The first-order valence-corrected chi connectivity index (χ1v) is 5.74. The monoisotopic (exact) mass is 233 g/mol. The molecule has 6 heteroatoms. The minimum atomic E-state index is -0.842. The van der Waals surface area contributed by atoms with Crippen LogP contribution in [0.25, 0.3) is 5.65 Å². The predicted octanol–water partition coefficient (Wildman–Crippen LogP) is 1.06. The Balaban J connectivity index is 2.20. The van der Waals surface area contributed by atoms with E-state index in [2.05, 4.69) is 16.3 Å². The number of fused-ring (bicyclic) bond motifs is 1. The largest absolute Gasteiger partial charge is 0.313 e. The second-order valence-electron chi connectivity index (χ2n) is 3.73. The zero-order valence-corrected chi connectivity index (χ0v) is 9.61. The first kappa shape index (κ1) is 10.9. The number of nitriles is 1. The van der Waals surface area contributed by atoms with Crippen LogP contribution >= 0.6 is 11.8 Å². The van der Waals surface area contributed by atoms with Crippen molar-refractivity contribution in [1.29, 1.82) is 5.26 Å². The third kappa shape index (κ3) is 2.15. The van der Waals surface area contributed by atoms with Crippen LogP contribution in [0, 0.1) is 11.3 Å². The maximum absolute atomic E-state index is 8.80. The van der Waals surface area contributed by atoms with E-state index in [0.717, 1.165) is 10.8 Å². The maximum atomic E-state index is 8.80. The highest BCUT2D eigenvalue weighted by molar-refractivity contribution is 7.99. The lowest BCUT2D eigenvalue weighted by molar-refractivity contribution is 0.680. The summed E-state index contributed by atoms with van der Waals surface area (Å²) in [6.07, 6.45) is 1.89. The molecule has 0 aliphatic rings. The average Bonchev–Trinajstić information content (AvgIpc) is 2.70. The Labute approximate surface area is 97.3 Å². The average molecular weight is 233 g/mol. The number of nitrogens with zero attached hydrogens (tertiary/aromatic N) is 4. The molecule has 0 aliphatic heterocycles. The number of hydrogen-bond donors (Lipinski definition) is 1. The standard InChI is InChI=1S/C10H11N5S/c1-10(12,6-11)7-16-9-14-13-8-4-2-3-5-15(8)9/h2-5H,7,12H2,1H3. The topological polar surface area (TPSA) is 80.0 Å². The second-order valence-corrected chi connectivity index (χ2v) is 4.67. The van der Waals surface area contributed by atoms with E-state index in [4.69, 9.17) is 11.0 Å². The highest BCUT2D eigenvalue weighted by atomic mass is 32.2. The zero-order valence-electron chi connectivity index (χ0n) is 8.79. The van der Waals surface area contributed by atoms with Crippen LogP contribution in [0.15, 0.2) is 29.6 Å². The minimum Gasteiger partial charge on any atom is -0.313 e. The number of aromatic nitrogens is 3. The van der Waals surface area contributed by atoms with Crippen molar-refractivity contribution in [3.05, 3.63) is 24.4 Å². The van der Waals surface area contributed by atoms with Gasteiger partial charge in [0.25, 0.3) is 0 Å². The Hall–Kier alpha value is -1.58. The molecular weight excluding hydrogens is 222 g/mol. The van der Waals surface area contributed by atoms with Crippen LogP contribution in [0.1, 0.15) is 6.92 Å². The van der Waals surface area contributed by atoms with Crippen LogP contribution in [0.2, 0.25) is 0 Å². The molecule has 82 valence electrons. The number of hydrogen-bond acceptors (Lipinski definition) is 5. The van der Waals surface area contributed by atoms with Gasteiger partial charge in [0.05, 0.1) is 6.07 Å². The van der Waals surface area contributed by atoms with Crippen LogP contribution in [-0.2, 0) is 0 Å². The number of rotatable bonds is 3. The summed E-state index contributed by atoms with van der Waals surface area (Å²) in [5, 5.41) is 17.6. The molecule has 0 aliphatic carbocycles. The maximum Gasteiger partial charge on any atom is 0.195 e. The molecule has 0 saturated heterocycles. The Kier molecular flexibility index (Phi) is 2.81. The van der Waals surface area contributed by atoms with E-state index in [0.29, 0.717) is 5.75 Å². The van der Waals surface area contributed by atoms with Crippen molar-refractivity contribution in [2.75, 3.05) is 5.75 Å². The van der Waals surface area contributed by atoms with Gasteiger partial charge in [0, 0.05) is 11.9 Å². The second kappa shape index (κ2) is 4.12. The zero-order chi connectivity index (χ0) is 11.6. The van der Waals surface area contributed by atoms with Gasteiger partial charge in [-0.15, -0.1) is 10.2 Å². The van der Waals surface area contributed by atoms with E-state index < -0.39 is 5.54 Å². The SMILES string of the molecule is CC(N)(C#N)CSc1nnc2ccccn12. The fraction of sp³-hybridized carbons (Fsp3) is 0.300. The number of thioether (sulfide) groups is 1. The summed E-state index contributed by atoms with van der Waals surface area (Å²) in [6, 6.07) is 7.74. The first-order valence-electron chi connectivity index (χ1n) is 4.75. The minimum absolute atomic E-state index is 0.485. The highest BCUT2D eigenvalue weighted by Gasteiger charge is 2.19. The fourth-order valence-electron chi connectivity index (χ4n) is 1.16. The molecule has 0 amide bonds. The third-order valence-electron chi connectivity index (χ3n) is 2.04. The lowest BCUT2D eigenvalue weighted by atomic mass is 10.1. The number of nitrogens with two attached hydrogens (primary N) is 1. The van der Waals surface area contributed by atoms with E-state index in [9.17, 15) is 0 Å². The van der Waals surface area contributed by atoms with Crippen LogP contribution in [0.5, 0.6) is 0 Å².